The molecule has 1 saturated heterocycles. The van der Waals surface area contributed by atoms with Gasteiger partial charge in [0.2, 0.25) is 0 Å². The summed E-state index contributed by atoms with van der Waals surface area (Å²) in [6.07, 6.45) is 1.54. The lowest BCUT2D eigenvalue weighted by Gasteiger charge is -2.08. The molecule has 4 N–H and O–H groups in total. The van der Waals surface area contributed by atoms with Crippen molar-refractivity contribution in [3.8, 4) is 0 Å². The summed E-state index contributed by atoms with van der Waals surface area (Å²) >= 11 is 0. The van der Waals surface area contributed by atoms with Crippen molar-refractivity contribution in [1.82, 2.24) is 5.32 Å². The van der Waals surface area contributed by atoms with Crippen LogP contribution in [0.25, 0.3) is 0 Å². The molecular formula is C9H19N3O2. The van der Waals surface area contributed by atoms with Gasteiger partial charge in [0.1, 0.15) is 6.10 Å². The Morgan fingerprint density at radius 3 is 2.86 bits per heavy atom. The molecule has 0 bridgehead atoms. The minimum Gasteiger partial charge on any atom is -0.370 e. The van der Waals surface area contributed by atoms with Crippen LogP contribution in [-0.2, 0) is 4.74 Å². The van der Waals surface area contributed by atoms with Crippen LogP contribution in [0.15, 0.2) is 4.99 Å². The van der Waals surface area contributed by atoms with Crippen molar-refractivity contribution in [3.05, 3.63) is 0 Å². The smallest absolute Gasteiger partial charge is 0.188 e. The maximum atomic E-state index is 9.00. The maximum absolute atomic E-state index is 9.00. The molecule has 0 aromatic rings. The van der Waals surface area contributed by atoms with Crippen LogP contribution in [0, 0.1) is 5.92 Å². The van der Waals surface area contributed by atoms with Gasteiger partial charge in [-0.1, -0.05) is 6.92 Å². The number of aliphatic imine (C=N–C) groups is 1. The highest BCUT2D eigenvalue weighted by Gasteiger charge is 2.40. The molecule has 0 saturated carbocycles. The molecule has 0 spiro atoms. The molecule has 3 atom stereocenters. The van der Waals surface area contributed by atoms with E-state index in [-0.39, 0.29) is 6.10 Å². The third kappa shape index (κ3) is 3.51. The number of nitrogens with two attached hydrogens (primary N) is 1. The lowest BCUT2D eigenvalue weighted by Crippen LogP contribution is -2.32. The highest BCUT2D eigenvalue weighted by atomic mass is 16.7. The highest BCUT2D eigenvalue weighted by molar-refractivity contribution is 5.77. The number of hydrogen-bond acceptors (Lipinski definition) is 3. The van der Waals surface area contributed by atoms with Crippen LogP contribution in [0.4, 0.5) is 0 Å². The van der Waals surface area contributed by atoms with Gasteiger partial charge in [0.25, 0.3) is 0 Å². The van der Waals surface area contributed by atoms with Gasteiger partial charge in [-0.25, -0.2) is 0 Å². The largest absolute Gasteiger partial charge is 0.370 e. The molecule has 1 aliphatic heterocycles. The standard InChI is InChI=1S/C9H19N3O2/c1-6(7-8(13)14-7)4-3-5-12-9(10)11-2/h6-8,13H,3-5H2,1-2H3,(H3,10,11,12). The van der Waals surface area contributed by atoms with E-state index >= 15 is 0 Å². The van der Waals surface area contributed by atoms with Crippen molar-refractivity contribution in [2.45, 2.75) is 32.2 Å². The second-order valence-corrected chi connectivity index (χ2v) is 3.65. The predicted molar refractivity (Wildman–Crippen MR) is 54.8 cm³/mol. The second kappa shape index (κ2) is 5.17. The molecule has 0 radical (unpaired) electrons. The Balaban J connectivity index is 1.98. The maximum Gasteiger partial charge on any atom is 0.188 e. The molecule has 1 fully saturated rings. The van der Waals surface area contributed by atoms with E-state index in [1.165, 1.54) is 0 Å². The van der Waals surface area contributed by atoms with E-state index in [0.717, 1.165) is 19.4 Å². The zero-order chi connectivity index (χ0) is 10.6. The molecule has 5 heteroatoms. The quantitative estimate of drug-likeness (QED) is 0.246. The van der Waals surface area contributed by atoms with Crippen LogP contribution in [0.2, 0.25) is 0 Å². The van der Waals surface area contributed by atoms with E-state index in [1.807, 2.05) is 0 Å². The van der Waals surface area contributed by atoms with Crippen LogP contribution in [0.3, 0.4) is 0 Å². The third-order valence-electron chi connectivity index (χ3n) is 2.45. The summed E-state index contributed by atoms with van der Waals surface area (Å²) in [5.41, 5.74) is 5.46. The fourth-order valence-corrected chi connectivity index (χ4v) is 1.41. The first-order valence-electron chi connectivity index (χ1n) is 4.94. The van der Waals surface area contributed by atoms with Gasteiger partial charge in [-0.2, -0.15) is 0 Å². The molecule has 1 heterocycles. The summed E-state index contributed by atoms with van der Waals surface area (Å²) in [6, 6.07) is 0. The Hall–Kier alpha value is -0.810. The molecule has 0 aliphatic carbocycles. The Morgan fingerprint density at radius 1 is 1.71 bits per heavy atom. The van der Waals surface area contributed by atoms with E-state index < -0.39 is 6.29 Å². The Kier molecular flexibility index (Phi) is 4.16. The summed E-state index contributed by atoms with van der Waals surface area (Å²) in [5.74, 6) is 0.881. The number of nitrogens with one attached hydrogen (secondary N) is 1. The summed E-state index contributed by atoms with van der Waals surface area (Å²) in [4.78, 5) is 3.78. The third-order valence-corrected chi connectivity index (χ3v) is 2.45. The van der Waals surface area contributed by atoms with Crippen molar-refractivity contribution in [2.75, 3.05) is 13.6 Å². The van der Waals surface area contributed by atoms with Crippen molar-refractivity contribution >= 4 is 5.96 Å². The zero-order valence-corrected chi connectivity index (χ0v) is 8.73. The van der Waals surface area contributed by atoms with Gasteiger partial charge in [0.15, 0.2) is 12.2 Å². The van der Waals surface area contributed by atoms with Crippen molar-refractivity contribution in [2.24, 2.45) is 16.6 Å². The van der Waals surface area contributed by atoms with Gasteiger partial charge in [0.05, 0.1) is 0 Å². The molecule has 0 amide bonds. The fourth-order valence-electron chi connectivity index (χ4n) is 1.41. The predicted octanol–water partition coefficient (Wildman–Crippen LogP) is -0.346. The lowest BCUT2D eigenvalue weighted by atomic mass is 10.0. The van der Waals surface area contributed by atoms with Crippen LogP contribution in [0.1, 0.15) is 19.8 Å². The highest BCUT2D eigenvalue weighted by Crippen LogP contribution is 2.29. The van der Waals surface area contributed by atoms with Crippen molar-refractivity contribution in [1.29, 1.82) is 0 Å². The molecule has 82 valence electrons. The monoisotopic (exact) mass is 201 g/mol. The van der Waals surface area contributed by atoms with Gasteiger partial charge in [-0.15, -0.1) is 0 Å². The van der Waals surface area contributed by atoms with Crippen LogP contribution in [0.5, 0.6) is 0 Å². The minimum atomic E-state index is -0.528. The second-order valence-electron chi connectivity index (χ2n) is 3.65. The number of aliphatic hydroxyl groups excluding tert-OH is 1. The molecule has 0 aromatic heterocycles. The molecule has 14 heavy (non-hydrogen) atoms. The molecule has 0 aromatic carbocycles. The SMILES string of the molecule is C/N=C(\N)NCCCC(C)C1OC1O. The average molecular weight is 201 g/mol. The number of epoxide rings is 1. The van der Waals surface area contributed by atoms with Gasteiger partial charge in [0, 0.05) is 13.6 Å². The van der Waals surface area contributed by atoms with Gasteiger partial charge >= 0.3 is 0 Å². The summed E-state index contributed by atoms with van der Waals surface area (Å²) < 4.78 is 4.96. The van der Waals surface area contributed by atoms with Crippen molar-refractivity contribution < 1.29 is 9.84 Å². The van der Waals surface area contributed by atoms with E-state index in [0.29, 0.717) is 11.9 Å². The van der Waals surface area contributed by atoms with Gasteiger partial charge < -0.3 is 20.9 Å². The normalized spacial score (nSPS) is 28.6. The Labute approximate surface area is 84.3 Å². The van der Waals surface area contributed by atoms with Crippen LogP contribution in [-0.4, -0.2) is 37.1 Å². The molecular weight excluding hydrogens is 182 g/mol. The number of aliphatic hydroxyl groups is 1. The number of rotatable bonds is 5. The van der Waals surface area contributed by atoms with E-state index in [9.17, 15) is 0 Å². The number of guanidine groups is 1. The molecule has 1 rings (SSSR count). The lowest BCUT2D eigenvalue weighted by molar-refractivity contribution is 0.155. The van der Waals surface area contributed by atoms with Crippen LogP contribution >= 0.6 is 0 Å². The first-order valence-corrected chi connectivity index (χ1v) is 4.94. The first-order chi connectivity index (χ1) is 6.65. The van der Waals surface area contributed by atoms with E-state index in [2.05, 4.69) is 17.2 Å². The Bertz CT molecular complexity index is 208. The molecule has 1 aliphatic rings. The molecule has 3 unspecified atom stereocenters. The van der Waals surface area contributed by atoms with Crippen molar-refractivity contribution in [3.63, 3.8) is 0 Å². The first kappa shape index (κ1) is 11.3. The number of nitrogens with zero attached hydrogens (tertiary/aromatic N) is 1. The van der Waals surface area contributed by atoms with E-state index in [4.69, 9.17) is 15.6 Å². The Morgan fingerprint density at radius 2 is 2.36 bits per heavy atom. The topological polar surface area (TPSA) is 83.2 Å². The zero-order valence-electron chi connectivity index (χ0n) is 8.73. The number of hydrogen-bond donors (Lipinski definition) is 3. The van der Waals surface area contributed by atoms with Gasteiger partial charge in [-0.05, 0) is 18.8 Å². The molecule has 5 nitrogen and oxygen atoms in total. The fraction of sp³-hybridized carbons (Fsp3) is 0.889. The number of ether oxygens (including phenoxy) is 1. The average Bonchev–Trinajstić information content (AvgIpc) is 2.89. The summed E-state index contributed by atoms with van der Waals surface area (Å²) in [5, 5.41) is 12.0. The van der Waals surface area contributed by atoms with Crippen LogP contribution < -0.4 is 11.1 Å². The van der Waals surface area contributed by atoms with E-state index in [1.54, 1.807) is 7.05 Å². The minimum absolute atomic E-state index is 0.0483. The van der Waals surface area contributed by atoms with Gasteiger partial charge in [-0.3, -0.25) is 4.99 Å². The summed E-state index contributed by atoms with van der Waals surface area (Å²) in [6.45, 7) is 2.90. The summed E-state index contributed by atoms with van der Waals surface area (Å²) in [7, 11) is 1.65.